The first-order valence-electron chi connectivity index (χ1n) is 6.61. The van der Waals surface area contributed by atoms with Gasteiger partial charge in [0, 0.05) is 12.8 Å². The minimum atomic E-state index is -0.844. The number of primary amides is 1. The van der Waals surface area contributed by atoms with E-state index in [4.69, 9.17) is 10.5 Å². The number of amides is 1. The third-order valence-corrected chi connectivity index (χ3v) is 3.12. The molecule has 0 saturated carbocycles. The predicted molar refractivity (Wildman–Crippen MR) is 78.8 cm³/mol. The van der Waals surface area contributed by atoms with E-state index in [1.54, 1.807) is 6.07 Å². The van der Waals surface area contributed by atoms with Crippen LogP contribution in [0.5, 0.6) is 5.75 Å². The summed E-state index contributed by atoms with van der Waals surface area (Å²) in [5.74, 6) is -0.455. The van der Waals surface area contributed by atoms with Crippen LogP contribution in [0.1, 0.15) is 12.8 Å². The fraction of sp³-hybridized carbons (Fsp3) is 0.250. The second-order valence-corrected chi connectivity index (χ2v) is 4.64. The third-order valence-electron chi connectivity index (χ3n) is 3.12. The number of esters is 1. The van der Waals surface area contributed by atoms with Gasteiger partial charge in [0.05, 0.1) is 7.11 Å². The number of nitrogens with two attached hydrogens (primary N) is 1. The van der Waals surface area contributed by atoms with Crippen molar-refractivity contribution in [2.75, 3.05) is 7.11 Å². The molecular weight excluding hydrogens is 270 g/mol. The largest absolute Gasteiger partial charge is 0.479 e. The molecule has 0 aliphatic rings. The van der Waals surface area contributed by atoms with E-state index in [-0.39, 0.29) is 12.8 Å². The molecule has 0 aromatic heterocycles. The lowest BCUT2D eigenvalue weighted by molar-refractivity contribution is -0.149. The van der Waals surface area contributed by atoms with Gasteiger partial charge in [-0.3, -0.25) is 4.79 Å². The first kappa shape index (κ1) is 14.8. The second kappa shape index (κ2) is 6.74. The van der Waals surface area contributed by atoms with E-state index < -0.39 is 18.0 Å². The van der Waals surface area contributed by atoms with E-state index in [9.17, 15) is 9.59 Å². The number of rotatable bonds is 6. The molecule has 110 valence electrons. The molecule has 2 N–H and O–H groups in total. The van der Waals surface area contributed by atoms with Gasteiger partial charge >= 0.3 is 5.97 Å². The Morgan fingerprint density at radius 3 is 2.52 bits per heavy atom. The Morgan fingerprint density at radius 2 is 1.86 bits per heavy atom. The smallest absolute Gasteiger partial charge is 0.347 e. The van der Waals surface area contributed by atoms with Crippen molar-refractivity contribution in [3.8, 4) is 5.75 Å². The molecular formula is C16H17NO4. The van der Waals surface area contributed by atoms with Crippen molar-refractivity contribution in [2.45, 2.75) is 18.9 Å². The number of carbonyl (C=O) groups is 2. The molecule has 1 atom stereocenters. The summed E-state index contributed by atoms with van der Waals surface area (Å²) in [5.41, 5.74) is 5.10. The average Bonchev–Trinajstić information content (AvgIpc) is 2.50. The Morgan fingerprint density at radius 1 is 1.14 bits per heavy atom. The fourth-order valence-corrected chi connectivity index (χ4v) is 2.03. The van der Waals surface area contributed by atoms with Crippen LogP contribution in [0.4, 0.5) is 0 Å². The molecule has 2 aromatic rings. The third kappa shape index (κ3) is 3.95. The molecule has 5 heteroatoms. The molecule has 1 unspecified atom stereocenters. The molecule has 0 heterocycles. The maximum Gasteiger partial charge on any atom is 0.347 e. The van der Waals surface area contributed by atoms with Gasteiger partial charge in [-0.1, -0.05) is 30.3 Å². The van der Waals surface area contributed by atoms with Gasteiger partial charge in [0.15, 0.2) is 6.10 Å². The SMILES string of the molecule is COC(=O)C(CCC(N)=O)Oc1ccc2ccccc2c1. The number of methoxy groups -OCH3 is 1. The lowest BCUT2D eigenvalue weighted by Gasteiger charge is -2.16. The molecule has 2 rings (SSSR count). The Kier molecular flexibility index (Phi) is 4.77. The van der Waals surface area contributed by atoms with Crippen molar-refractivity contribution < 1.29 is 19.1 Å². The summed E-state index contributed by atoms with van der Waals surface area (Å²) in [6.45, 7) is 0. The number of hydrogen-bond donors (Lipinski definition) is 1. The summed E-state index contributed by atoms with van der Waals surface area (Å²) in [6, 6.07) is 13.4. The summed E-state index contributed by atoms with van der Waals surface area (Å²) in [7, 11) is 1.28. The number of hydrogen-bond acceptors (Lipinski definition) is 4. The van der Waals surface area contributed by atoms with Crippen molar-refractivity contribution in [1.82, 2.24) is 0 Å². The maximum absolute atomic E-state index is 11.7. The van der Waals surface area contributed by atoms with Crippen molar-refractivity contribution in [3.63, 3.8) is 0 Å². The minimum absolute atomic E-state index is 0.0628. The predicted octanol–water partition coefficient (Wildman–Crippen LogP) is 2.03. The zero-order chi connectivity index (χ0) is 15.2. The highest BCUT2D eigenvalue weighted by Gasteiger charge is 2.22. The van der Waals surface area contributed by atoms with Crippen LogP contribution >= 0.6 is 0 Å². The zero-order valence-electron chi connectivity index (χ0n) is 11.7. The lowest BCUT2D eigenvalue weighted by atomic mass is 10.1. The van der Waals surface area contributed by atoms with E-state index in [0.29, 0.717) is 5.75 Å². The van der Waals surface area contributed by atoms with Crippen molar-refractivity contribution in [1.29, 1.82) is 0 Å². The standard InChI is InChI=1S/C16H17NO4/c1-20-16(19)14(8-9-15(17)18)21-13-7-6-11-4-2-3-5-12(11)10-13/h2-7,10,14H,8-9H2,1H3,(H2,17,18). The van der Waals surface area contributed by atoms with Gasteiger partial charge < -0.3 is 15.2 Å². The average molecular weight is 287 g/mol. The number of fused-ring (bicyclic) bond motifs is 1. The molecule has 0 radical (unpaired) electrons. The highest BCUT2D eigenvalue weighted by atomic mass is 16.6. The van der Waals surface area contributed by atoms with E-state index in [1.807, 2.05) is 36.4 Å². The summed E-state index contributed by atoms with van der Waals surface area (Å²) in [5, 5.41) is 2.09. The lowest BCUT2D eigenvalue weighted by Crippen LogP contribution is -2.30. The molecule has 0 aliphatic carbocycles. The normalized spacial score (nSPS) is 11.9. The molecule has 5 nitrogen and oxygen atoms in total. The van der Waals surface area contributed by atoms with Gasteiger partial charge in [0.1, 0.15) is 5.75 Å². The quantitative estimate of drug-likeness (QED) is 0.824. The fourth-order valence-electron chi connectivity index (χ4n) is 2.03. The Hall–Kier alpha value is -2.56. The highest BCUT2D eigenvalue weighted by Crippen LogP contribution is 2.22. The Bertz CT molecular complexity index is 654. The topological polar surface area (TPSA) is 78.6 Å². The zero-order valence-corrected chi connectivity index (χ0v) is 11.7. The number of benzene rings is 2. The van der Waals surface area contributed by atoms with Crippen LogP contribution in [0.15, 0.2) is 42.5 Å². The van der Waals surface area contributed by atoms with Crippen molar-refractivity contribution in [3.05, 3.63) is 42.5 Å². The second-order valence-electron chi connectivity index (χ2n) is 4.64. The molecule has 2 aromatic carbocycles. The first-order valence-corrected chi connectivity index (χ1v) is 6.61. The summed E-state index contributed by atoms with van der Waals surface area (Å²) in [6.07, 6.45) is -0.592. The van der Waals surface area contributed by atoms with Gasteiger partial charge in [-0.05, 0) is 22.9 Å². The van der Waals surface area contributed by atoms with E-state index in [1.165, 1.54) is 7.11 Å². The molecule has 0 spiro atoms. The summed E-state index contributed by atoms with van der Waals surface area (Å²) >= 11 is 0. The van der Waals surface area contributed by atoms with Crippen LogP contribution in [0, 0.1) is 0 Å². The van der Waals surface area contributed by atoms with Gasteiger partial charge in [-0.2, -0.15) is 0 Å². The van der Waals surface area contributed by atoms with Crippen LogP contribution in [0.2, 0.25) is 0 Å². The minimum Gasteiger partial charge on any atom is -0.479 e. The van der Waals surface area contributed by atoms with Crippen LogP contribution in [0.25, 0.3) is 10.8 Å². The van der Waals surface area contributed by atoms with E-state index in [2.05, 4.69) is 4.74 Å². The van der Waals surface area contributed by atoms with Crippen molar-refractivity contribution in [2.24, 2.45) is 5.73 Å². The van der Waals surface area contributed by atoms with E-state index in [0.717, 1.165) is 10.8 Å². The van der Waals surface area contributed by atoms with Crippen LogP contribution in [-0.2, 0) is 14.3 Å². The number of carbonyl (C=O) groups excluding carboxylic acids is 2. The Labute approximate surface area is 122 Å². The highest BCUT2D eigenvalue weighted by molar-refractivity contribution is 5.84. The molecule has 0 aliphatic heterocycles. The summed E-state index contributed by atoms with van der Waals surface area (Å²) in [4.78, 5) is 22.5. The summed E-state index contributed by atoms with van der Waals surface area (Å²) < 4.78 is 10.3. The molecule has 21 heavy (non-hydrogen) atoms. The van der Waals surface area contributed by atoms with Gasteiger partial charge in [-0.25, -0.2) is 4.79 Å². The van der Waals surface area contributed by atoms with Crippen molar-refractivity contribution >= 4 is 22.6 Å². The molecule has 1 amide bonds. The van der Waals surface area contributed by atoms with Gasteiger partial charge in [0.2, 0.25) is 5.91 Å². The number of ether oxygens (including phenoxy) is 2. The molecule has 0 fully saturated rings. The van der Waals surface area contributed by atoms with Gasteiger partial charge in [0.25, 0.3) is 0 Å². The molecule has 0 saturated heterocycles. The first-order chi connectivity index (χ1) is 10.1. The van der Waals surface area contributed by atoms with Crippen LogP contribution < -0.4 is 10.5 Å². The van der Waals surface area contributed by atoms with Gasteiger partial charge in [-0.15, -0.1) is 0 Å². The van der Waals surface area contributed by atoms with Crippen LogP contribution in [0.3, 0.4) is 0 Å². The maximum atomic E-state index is 11.7. The van der Waals surface area contributed by atoms with E-state index >= 15 is 0 Å². The Balaban J connectivity index is 2.16. The van der Waals surface area contributed by atoms with Crippen LogP contribution in [-0.4, -0.2) is 25.1 Å². The monoisotopic (exact) mass is 287 g/mol. The molecule has 0 bridgehead atoms.